The first-order chi connectivity index (χ1) is 8.91. The lowest BCUT2D eigenvalue weighted by Gasteiger charge is -2.32. The van der Waals surface area contributed by atoms with Crippen LogP contribution in [0.25, 0.3) is 0 Å². The van der Waals surface area contributed by atoms with Gasteiger partial charge >= 0.3 is 5.97 Å². The highest BCUT2D eigenvalue weighted by Crippen LogP contribution is 2.14. The maximum atomic E-state index is 12.3. The number of amides is 2. The fraction of sp³-hybridized carbons (Fsp3) is 0.455. The lowest BCUT2D eigenvalue weighted by Crippen LogP contribution is -2.59. The second-order valence-corrected chi connectivity index (χ2v) is 4.36. The molecular formula is C11H14N4O4. The van der Waals surface area contributed by atoms with Crippen molar-refractivity contribution in [2.24, 2.45) is 7.05 Å². The van der Waals surface area contributed by atoms with Crippen molar-refractivity contribution < 1.29 is 19.5 Å². The van der Waals surface area contributed by atoms with E-state index >= 15 is 0 Å². The number of nitrogens with one attached hydrogen (secondary N) is 1. The van der Waals surface area contributed by atoms with E-state index in [1.165, 1.54) is 10.9 Å². The van der Waals surface area contributed by atoms with Crippen molar-refractivity contribution >= 4 is 17.8 Å². The Labute approximate surface area is 109 Å². The van der Waals surface area contributed by atoms with Crippen LogP contribution < -0.4 is 5.32 Å². The molecule has 0 aromatic carbocycles. The molecule has 1 aliphatic heterocycles. The highest BCUT2D eigenvalue weighted by Gasteiger charge is 2.36. The lowest BCUT2D eigenvalue weighted by atomic mass is 10.1. The topological polar surface area (TPSA) is 105 Å². The minimum absolute atomic E-state index is 0.0841. The molecule has 0 aliphatic carbocycles. The molecule has 102 valence electrons. The summed E-state index contributed by atoms with van der Waals surface area (Å²) < 4.78 is 1.52. The molecule has 8 heteroatoms. The standard InChI is InChI=1S/C11H14N4O4/c1-6-7(3-13-14(6)2)10(17)15-5-9(16)12-4-8(15)11(18)19/h3,8H,4-5H2,1-2H3,(H,12,16)(H,18,19). The summed E-state index contributed by atoms with van der Waals surface area (Å²) in [6.45, 7) is 1.36. The first kappa shape index (κ1) is 13.1. The molecule has 0 bridgehead atoms. The van der Waals surface area contributed by atoms with Crippen LogP contribution in [-0.2, 0) is 16.6 Å². The zero-order chi connectivity index (χ0) is 14.2. The molecule has 2 heterocycles. The van der Waals surface area contributed by atoms with Crippen LogP contribution >= 0.6 is 0 Å². The number of hydrogen-bond donors (Lipinski definition) is 2. The molecule has 1 aromatic rings. The first-order valence-corrected chi connectivity index (χ1v) is 5.71. The number of carbonyl (C=O) groups is 3. The Bertz CT molecular complexity index is 551. The zero-order valence-electron chi connectivity index (χ0n) is 10.6. The number of aliphatic carboxylic acids is 1. The van der Waals surface area contributed by atoms with E-state index in [0.717, 1.165) is 4.90 Å². The monoisotopic (exact) mass is 266 g/mol. The Kier molecular flexibility index (Phi) is 3.24. The van der Waals surface area contributed by atoms with E-state index in [2.05, 4.69) is 10.4 Å². The molecular weight excluding hydrogens is 252 g/mol. The quantitative estimate of drug-likeness (QED) is 0.696. The van der Waals surface area contributed by atoms with Crippen molar-refractivity contribution in [3.63, 3.8) is 0 Å². The number of hydrogen-bond acceptors (Lipinski definition) is 4. The smallest absolute Gasteiger partial charge is 0.328 e. The summed E-state index contributed by atoms with van der Waals surface area (Å²) in [6.07, 6.45) is 1.38. The maximum absolute atomic E-state index is 12.3. The first-order valence-electron chi connectivity index (χ1n) is 5.71. The Morgan fingerprint density at radius 1 is 1.53 bits per heavy atom. The van der Waals surface area contributed by atoms with Gasteiger partial charge in [-0.05, 0) is 6.92 Å². The fourth-order valence-corrected chi connectivity index (χ4v) is 1.94. The molecule has 1 aliphatic rings. The lowest BCUT2D eigenvalue weighted by molar-refractivity contribution is -0.144. The average molecular weight is 266 g/mol. The molecule has 8 nitrogen and oxygen atoms in total. The van der Waals surface area contributed by atoms with Crippen LogP contribution in [0, 0.1) is 6.92 Å². The van der Waals surface area contributed by atoms with Gasteiger partial charge in [0.05, 0.1) is 11.8 Å². The van der Waals surface area contributed by atoms with Crippen LogP contribution in [0.5, 0.6) is 0 Å². The van der Waals surface area contributed by atoms with Gasteiger partial charge in [0.25, 0.3) is 5.91 Å². The summed E-state index contributed by atoms with van der Waals surface area (Å²) in [5, 5.41) is 15.5. The number of nitrogens with zero attached hydrogens (tertiary/aromatic N) is 3. The molecule has 2 amide bonds. The molecule has 1 aromatic heterocycles. The number of aryl methyl sites for hydroxylation is 1. The van der Waals surface area contributed by atoms with Crippen molar-refractivity contribution in [2.75, 3.05) is 13.1 Å². The summed E-state index contributed by atoms with van der Waals surface area (Å²) in [7, 11) is 1.68. The summed E-state index contributed by atoms with van der Waals surface area (Å²) in [5.41, 5.74) is 0.934. The molecule has 19 heavy (non-hydrogen) atoms. The predicted octanol–water partition coefficient (Wildman–Crippen LogP) is -1.25. The van der Waals surface area contributed by atoms with Gasteiger partial charge < -0.3 is 15.3 Å². The molecule has 1 fully saturated rings. The minimum Gasteiger partial charge on any atom is -0.480 e. The number of piperazine rings is 1. The van der Waals surface area contributed by atoms with E-state index in [9.17, 15) is 14.4 Å². The van der Waals surface area contributed by atoms with Gasteiger partial charge in [-0.1, -0.05) is 0 Å². The van der Waals surface area contributed by atoms with Gasteiger partial charge in [0.15, 0.2) is 0 Å². The van der Waals surface area contributed by atoms with E-state index in [-0.39, 0.29) is 19.0 Å². The van der Waals surface area contributed by atoms with Gasteiger partial charge in [-0.3, -0.25) is 14.3 Å². The molecule has 0 saturated carbocycles. The SMILES string of the molecule is Cc1c(C(=O)N2CC(=O)NCC2C(=O)O)cnn1C. The van der Waals surface area contributed by atoms with Gasteiger partial charge in [0.1, 0.15) is 12.6 Å². The van der Waals surface area contributed by atoms with E-state index in [0.29, 0.717) is 11.3 Å². The van der Waals surface area contributed by atoms with E-state index < -0.39 is 17.9 Å². The average Bonchev–Trinajstić information content (AvgIpc) is 2.68. The summed E-state index contributed by atoms with van der Waals surface area (Å²) in [4.78, 5) is 35.9. The van der Waals surface area contributed by atoms with Crippen molar-refractivity contribution in [3.8, 4) is 0 Å². The van der Waals surface area contributed by atoms with E-state index in [4.69, 9.17) is 5.11 Å². The predicted molar refractivity (Wildman–Crippen MR) is 63.4 cm³/mol. The maximum Gasteiger partial charge on any atom is 0.328 e. The summed E-state index contributed by atoms with van der Waals surface area (Å²) >= 11 is 0. The van der Waals surface area contributed by atoms with Crippen LogP contribution in [0.3, 0.4) is 0 Å². The van der Waals surface area contributed by atoms with Gasteiger partial charge in [-0.2, -0.15) is 5.10 Å². The molecule has 1 atom stereocenters. The number of carbonyl (C=O) groups excluding carboxylic acids is 2. The number of rotatable bonds is 2. The molecule has 0 radical (unpaired) electrons. The van der Waals surface area contributed by atoms with Crippen LogP contribution in [0.15, 0.2) is 6.20 Å². The fourth-order valence-electron chi connectivity index (χ4n) is 1.94. The van der Waals surface area contributed by atoms with Gasteiger partial charge in [0.2, 0.25) is 5.91 Å². The second-order valence-electron chi connectivity index (χ2n) is 4.36. The van der Waals surface area contributed by atoms with Crippen LogP contribution in [0.2, 0.25) is 0 Å². The van der Waals surface area contributed by atoms with E-state index in [1.807, 2.05) is 0 Å². The molecule has 2 rings (SSSR count). The molecule has 1 saturated heterocycles. The van der Waals surface area contributed by atoms with Crippen molar-refractivity contribution in [1.29, 1.82) is 0 Å². The Morgan fingerprint density at radius 3 is 2.74 bits per heavy atom. The second kappa shape index (κ2) is 4.71. The van der Waals surface area contributed by atoms with Gasteiger partial charge in [-0.15, -0.1) is 0 Å². The number of aromatic nitrogens is 2. The van der Waals surface area contributed by atoms with Crippen molar-refractivity contribution in [2.45, 2.75) is 13.0 Å². The molecule has 1 unspecified atom stereocenters. The van der Waals surface area contributed by atoms with Crippen LogP contribution in [0.4, 0.5) is 0 Å². The van der Waals surface area contributed by atoms with Crippen molar-refractivity contribution in [3.05, 3.63) is 17.5 Å². The Balaban J connectivity index is 2.31. The summed E-state index contributed by atoms with van der Waals surface area (Å²) in [5.74, 6) is -2.00. The van der Waals surface area contributed by atoms with Crippen molar-refractivity contribution in [1.82, 2.24) is 20.0 Å². The van der Waals surface area contributed by atoms with E-state index in [1.54, 1.807) is 14.0 Å². The Hall–Kier alpha value is -2.38. The Morgan fingerprint density at radius 2 is 2.21 bits per heavy atom. The highest BCUT2D eigenvalue weighted by molar-refractivity contribution is 6.00. The minimum atomic E-state index is -1.14. The third kappa shape index (κ3) is 2.28. The largest absolute Gasteiger partial charge is 0.480 e. The molecule has 2 N–H and O–H groups in total. The zero-order valence-corrected chi connectivity index (χ0v) is 10.6. The normalized spacial score (nSPS) is 19.2. The third-order valence-corrected chi connectivity index (χ3v) is 3.19. The highest BCUT2D eigenvalue weighted by atomic mass is 16.4. The van der Waals surface area contributed by atoms with Crippen LogP contribution in [-0.4, -0.2) is 56.7 Å². The van der Waals surface area contributed by atoms with Crippen LogP contribution in [0.1, 0.15) is 16.1 Å². The molecule has 0 spiro atoms. The third-order valence-electron chi connectivity index (χ3n) is 3.19. The summed E-state index contributed by atoms with van der Waals surface area (Å²) in [6, 6.07) is -1.05. The number of carboxylic acid groups (broad SMARTS) is 1. The number of carboxylic acids is 1. The van der Waals surface area contributed by atoms with Gasteiger partial charge in [-0.25, -0.2) is 4.79 Å². The van der Waals surface area contributed by atoms with Gasteiger partial charge in [0, 0.05) is 19.3 Å².